The zero-order chi connectivity index (χ0) is 74.6. The molecule has 0 radical (unpaired) electrons. The van der Waals surface area contributed by atoms with Crippen LogP contribution in [0.5, 0.6) is 0 Å². The summed E-state index contributed by atoms with van der Waals surface area (Å²) in [7, 11) is 0. The Hall–Kier alpha value is -8.10. The first-order valence-electron chi connectivity index (χ1n) is 44.3. The summed E-state index contributed by atoms with van der Waals surface area (Å²) in [6.45, 7) is 18.7. The normalized spacial score (nSPS) is 15.7. The number of hydrogen-bond acceptors (Lipinski definition) is 4. The van der Waals surface area contributed by atoms with Crippen molar-refractivity contribution in [3.8, 4) is 0 Å². The van der Waals surface area contributed by atoms with E-state index >= 15 is 0 Å². The molecule has 8 nitrogen and oxygen atoms in total. The first-order valence-corrected chi connectivity index (χ1v) is 44.3. The monoisotopic (exact) mass is 1450 g/mol. The summed E-state index contributed by atoms with van der Waals surface area (Å²) < 4.78 is 0. The molecule has 4 aromatic heterocycles. The number of benzene rings is 2. The van der Waals surface area contributed by atoms with Crippen molar-refractivity contribution >= 4 is 80.4 Å². The molecule has 6 aliphatic heterocycles. The van der Waals surface area contributed by atoms with Crippen LogP contribution in [0.4, 0.5) is 0 Å². The number of unbranched alkanes of at least 4 members (excludes halogenated alkanes) is 24. The van der Waals surface area contributed by atoms with Crippen LogP contribution in [0.15, 0.2) is 117 Å². The lowest BCUT2D eigenvalue weighted by Crippen LogP contribution is -2.19. The molecule has 0 saturated heterocycles. The van der Waals surface area contributed by atoms with Gasteiger partial charge in [0.1, 0.15) is 11.4 Å². The minimum absolute atomic E-state index is 0.940. The molecule has 6 N–H and O–H groups in total. The van der Waals surface area contributed by atoms with Crippen LogP contribution in [0.1, 0.15) is 331 Å². The highest BCUT2D eigenvalue weighted by Crippen LogP contribution is 2.49. The molecule has 108 heavy (non-hydrogen) atoms. The summed E-state index contributed by atoms with van der Waals surface area (Å²) in [6, 6.07) is 20.2. The third-order valence-corrected chi connectivity index (χ3v) is 24.4. The van der Waals surface area contributed by atoms with Gasteiger partial charge in [-0.1, -0.05) is 234 Å². The van der Waals surface area contributed by atoms with E-state index in [1.165, 1.54) is 323 Å². The van der Waals surface area contributed by atoms with Crippen molar-refractivity contribution in [1.29, 1.82) is 0 Å². The molecule has 0 fully saturated rings. The maximum atomic E-state index is 6.14. The van der Waals surface area contributed by atoms with Crippen molar-refractivity contribution in [3.05, 3.63) is 207 Å². The Morgan fingerprint density at radius 1 is 0.315 bits per heavy atom. The van der Waals surface area contributed by atoms with Crippen LogP contribution in [-0.4, -0.2) is 31.4 Å². The Bertz CT molecular complexity index is 4670. The van der Waals surface area contributed by atoms with Gasteiger partial charge in [-0.15, -0.1) is 0 Å². The second kappa shape index (κ2) is 39.0. The lowest BCUT2D eigenvalue weighted by atomic mass is 9.83. The number of hydrogen-bond donors (Lipinski definition) is 6. The molecular formula is C100H132N8+2. The number of nitrogens with one attached hydrogen (secondary N) is 6. The first kappa shape index (κ1) is 78.0. The van der Waals surface area contributed by atoms with Gasteiger partial charge in [-0.2, -0.15) is 0 Å². The van der Waals surface area contributed by atoms with Gasteiger partial charge in [0.15, 0.2) is 22.1 Å². The van der Waals surface area contributed by atoms with Crippen LogP contribution in [0.2, 0.25) is 0 Å². The van der Waals surface area contributed by atoms with Crippen molar-refractivity contribution in [2.45, 2.75) is 325 Å². The quantitative estimate of drug-likeness (QED) is 0.0169. The predicted molar refractivity (Wildman–Crippen MR) is 465 cm³/mol. The fraction of sp³-hybridized carbons (Fsp3) is 0.500. The van der Waals surface area contributed by atoms with Crippen LogP contribution in [0.3, 0.4) is 0 Å². The van der Waals surface area contributed by atoms with E-state index in [-0.39, 0.29) is 0 Å². The number of allylic oxidation sites excluding steroid dienone is 6. The van der Waals surface area contributed by atoms with E-state index in [2.05, 4.69) is 196 Å². The highest BCUT2D eigenvalue weighted by atomic mass is 15.0. The number of nitrogens with zero attached hydrogens (tertiary/aromatic N) is 2. The highest BCUT2D eigenvalue weighted by Gasteiger charge is 2.35. The molecule has 0 saturated carbocycles. The van der Waals surface area contributed by atoms with Gasteiger partial charge in [-0.05, 0) is 231 Å². The fourth-order valence-corrected chi connectivity index (χ4v) is 18.1. The van der Waals surface area contributed by atoms with E-state index in [1.807, 2.05) is 0 Å². The molecule has 0 atom stereocenters. The zero-order valence-corrected chi connectivity index (χ0v) is 68.0. The largest absolute Gasteiger partial charge is 0.354 e. The molecule has 6 aromatic rings. The molecule has 10 heterocycles. The third-order valence-electron chi connectivity index (χ3n) is 24.4. The number of aromatic amines is 4. The van der Waals surface area contributed by atoms with Gasteiger partial charge in [0.05, 0.1) is 68.2 Å². The summed E-state index contributed by atoms with van der Waals surface area (Å²) >= 11 is 0. The molecule has 0 unspecified atom stereocenters. The van der Waals surface area contributed by atoms with Crippen LogP contribution >= 0.6 is 0 Å². The number of aliphatic imine (C=N–C) groups is 2. The fourth-order valence-electron chi connectivity index (χ4n) is 18.1. The number of rotatable bonds is 42. The van der Waals surface area contributed by atoms with Crippen molar-refractivity contribution in [2.75, 3.05) is 0 Å². The Balaban J connectivity index is 1.10. The van der Waals surface area contributed by atoms with Gasteiger partial charge in [0, 0.05) is 46.1 Å². The molecular weight excluding hydrogens is 1310 g/mol. The van der Waals surface area contributed by atoms with Crippen molar-refractivity contribution < 1.29 is 0 Å². The molecule has 16 bridgehead atoms. The van der Waals surface area contributed by atoms with Crippen molar-refractivity contribution in [1.82, 2.24) is 30.6 Å². The van der Waals surface area contributed by atoms with Gasteiger partial charge < -0.3 is 19.9 Å². The minimum Gasteiger partial charge on any atom is -0.354 e. The Morgan fingerprint density at radius 2 is 0.620 bits per heavy atom. The topological polar surface area (TPSA) is 112 Å². The van der Waals surface area contributed by atoms with Crippen molar-refractivity contribution in [3.63, 3.8) is 0 Å². The second-order valence-electron chi connectivity index (χ2n) is 32.7. The SMILES string of the molecule is CCCCCCC1=C2C=CC3=NC(=c4cc(CCCCCC)c([nH]4)=CC=c4[nH]c(cc4CCCCCC)=C([CH+]1)N2)C(c1ccc2c4c(ccc(C5=C(CCCCCC)C6=NC5=c5cc(CCCCCC)c([nH]5)=CC=c5[nH]c(cc5CCCCCC)=C5[CH+]C(CCCCCC)=C(C=C6)N5)c14)CC2)=C3CCCCCC. The molecule has 8 heteroatoms. The zero-order valence-electron chi connectivity index (χ0n) is 68.0. The Kier molecular flexibility index (Phi) is 28.2. The van der Waals surface area contributed by atoms with Crippen LogP contribution < -0.4 is 53.4 Å². The number of aromatic nitrogens is 4. The molecule has 570 valence electrons. The van der Waals surface area contributed by atoms with E-state index in [0.717, 1.165) is 123 Å². The average Bonchev–Trinajstić information content (AvgIpc) is 1.54. The van der Waals surface area contributed by atoms with Crippen LogP contribution in [-0.2, 0) is 38.5 Å². The Labute approximate surface area is 648 Å². The smallest absolute Gasteiger partial charge is 0.186 e. The van der Waals surface area contributed by atoms with Crippen molar-refractivity contribution in [2.24, 2.45) is 9.98 Å². The molecule has 1 aliphatic carbocycles. The summed E-state index contributed by atoms with van der Waals surface area (Å²) in [5, 5.41) is 20.4. The third kappa shape index (κ3) is 18.5. The van der Waals surface area contributed by atoms with E-state index in [9.17, 15) is 0 Å². The number of fused-ring (bicyclic) bond motifs is 14. The standard InChI is InChI=1S/C100H132N8/c1-9-17-25-33-41-71-63-89-91-65-73(43-35-27-19-11-3)83(103-91)59-61-87-77(47-39-31-23-15-7)97(99(107-87)93-67-75(45-37-29-21-13-5)85(105-93)57-55-81(71)101-89)79-53-51-69-49-50-70-52-54-80(96(79)95(69)70)98-78(48-40-32-24-16-8)88-62-60-84-74(44-36-28-20-12-4)66-92(104-84)90-64-72(42-34-26-18-10-2)82(102-90)56-58-86-76(46-38-30-22-14-6)68-94(106-86)100(98)108-88/h51-68,101-106H,9-50H2,1-8H3/q+2. The summed E-state index contributed by atoms with van der Waals surface area (Å²) in [4.78, 5) is 28.8. The van der Waals surface area contributed by atoms with Gasteiger partial charge >= 0.3 is 0 Å². The molecule has 0 spiro atoms. The molecule has 7 aliphatic rings. The number of aryl methyl sites for hydroxylation is 6. The highest BCUT2D eigenvalue weighted by molar-refractivity contribution is 6.31. The van der Waals surface area contributed by atoms with E-state index in [4.69, 9.17) is 9.98 Å². The number of H-pyrrole nitrogens is 4. The molecule has 0 amide bonds. The van der Waals surface area contributed by atoms with E-state index in [1.54, 1.807) is 0 Å². The minimum atomic E-state index is 0.940. The van der Waals surface area contributed by atoms with E-state index in [0.29, 0.717) is 0 Å². The maximum Gasteiger partial charge on any atom is 0.186 e. The summed E-state index contributed by atoms with van der Waals surface area (Å²) in [5.41, 5.74) is 28.2. The second-order valence-corrected chi connectivity index (χ2v) is 32.7. The average molecular weight is 1450 g/mol. The van der Waals surface area contributed by atoms with E-state index < -0.39 is 0 Å². The lowest BCUT2D eigenvalue weighted by molar-refractivity contribution is 0.666. The van der Waals surface area contributed by atoms with Crippen LogP contribution in [0.25, 0.3) is 69.0 Å². The molecule has 13 rings (SSSR count). The maximum absolute atomic E-state index is 6.14. The summed E-state index contributed by atoms with van der Waals surface area (Å²) in [5.74, 6) is 0. The van der Waals surface area contributed by atoms with Gasteiger partial charge in [0.25, 0.3) is 0 Å². The Morgan fingerprint density at radius 3 is 0.954 bits per heavy atom. The predicted octanol–water partition coefficient (Wildman–Crippen LogP) is 20.7. The van der Waals surface area contributed by atoms with Gasteiger partial charge in [-0.3, -0.25) is 10.6 Å². The summed E-state index contributed by atoms with van der Waals surface area (Å²) in [6.07, 6.45) is 73.1. The van der Waals surface area contributed by atoms with Gasteiger partial charge in [0.2, 0.25) is 0 Å². The van der Waals surface area contributed by atoms with Gasteiger partial charge in [-0.25, -0.2) is 9.98 Å². The van der Waals surface area contributed by atoms with Crippen LogP contribution in [0, 0.1) is 12.8 Å². The first-order chi connectivity index (χ1) is 53.2. The molecule has 2 aromatic carbocycles. The lowest BCUT2D eigenvalue weighted by Gasteiger charge is -2.19.